The Labute approximate surface area is 154 Å². The number of halogens is 1. The first-order chi connectivity index (χ1) is 12.2. The van der Waals surface area contributed by atoms with E-state index in [0.717, 1.165) is 43.9 Å². The summed E-state index contributed by atoms with van der Waals surface area (Å²) in [5, 5.41) is 4.75. The number of aryl methyl sites for hydroxylation is 1. The molecule has 124 valence electrons. The number of nitrogens with zero attached hydrogens (tertiary/aromatic N) is 3. The van der Waals surface area contributed by atoms with Crippen molar-refractivity contribution in [1.82, 2.24) is 14.6 Å². The van der Waals surface area contributed by atoms with Crippen LogP contribution in [0.2, 0.25) is 0 Å². The minimum absolute atomic E-state index is 0.819. The highest BCUT2D eigenvalue weighted by molar-refractivity contribution is 9.10. The lowest BCUT2D eigenvalue weighted by Gasteiger charge is -2.07. The first-order valence-corrected chi connectivity index (χ1v) is 8.71. The van der Waals surface area contributed by atoms with Crippen molar-refractivity contribution in [2.45, 2.75) is 6.92 Å². The standard InChI is InChI=1S/C20H16BrN3O/c1-13-19(14-6-8-16(21)9-7-14)20-22-11-10-18(24(20)23-13)15-4-3-5-17(12-15)25-2/h3-12H,1-2H3. The molecule has 0 aliphatic heterocycles. The second-order valence-electron chi connectivity index (χ2n) is 5.76. The summed E-state index contributed by atoms with van der Waals surface area (Å²) < 4.78 is 8.30. The van der Waals surface area contributed by atoms with Crippen LogP contribution in [0.3, 0.4) is 0 Å². The lowest BCUT2D eigenvalue weighted by atomic mass is 10.1. The molecule has 0 saturated heterocycles. The van der Waals surface area contributed by atoms with Crippen LogP contribution in [0.25, 0.3) is 28.0 Å². The third-order valence-electron chi connectivity index (χ3n) is 4.19. The molecule has 2 aromatic heterocycles. The molecule has 0 fully saturated rings. The van der Waals surface area contributed by atoms with Gasteiger partial charge in [-0.2, -0.15) is 5.10 Å². The first-order valence-electron chi connectivity index (χ1n) is 7.92. The predicted molar refractivity (Wildman–Crippen MR) is 103 cm³/mol. The van der Waals surface area contributed by atoms with E-state index in [2.05, 4.69) is 33.0 Å². The van der Waals surface area contributed by atoms with Gasteiger partial charge in [0.15, 0.2) is 5.65 Å². The molecule has 0 bridgehead atoms. The Balaban J connectivity index is 1.94. The number of aromatic nitrogens is 3. The van der Waals surface area contributed by atoms with E-state index in [-0.39, 0.29) is 0 Å². The molecular formula is C20H16BrN3O. The molecule has 0 atom stereocenters. The maximum absolute atomic E-state index is 5.35. The van der Waals surface area contributed by atoms with Gasteiger partial charge in [-0.05, 0) is 42.8 Å². The number of benzene rings is 2. The van der Waals surface area contributed by atoms with E-state index in [1.54, 1.807) is 7.11 Å². The Morgan fingerprint density at radius 1 is 1.00 bits per heavy atom. The minimum Gasteiger partial charge on any atom is -0.497 e. The predicted octanol–water partition coefficient (Wildman–Crippen LogP) is 5.14. The van der Waals surface area contributed by atoms with Crippen LogP contribution in [0, 0.1) is 6.92 Å². The molecule has 0 radical (unpaired) electrons. The van der Waals surface area contributed by atoms with Crippen molar-refractivity contribution in [3.63, 3.8) is 0 Å². The third-order valence-corrected chi connectivity index (χ3v) is 4.72. The molecule has 0 N–H and O–H groups in total. The van der Waals surface area contributed by atoms with Gasteiger partial charge in [-0.15, -0.1) is 0 Å². The quantitative estimate of drug-likeness (QED) is 0.483. The molecular weight excluding hydrogens is 378 g/mol. The normalized spacial score (nSPS) is 11.0. The Hall–Kier alpha value is -2.66. The van der Waals surface area contributed by atoms with E-state index in [0.29, 0.717) is 0 Å². The summed E-state index contributed by atoms with van der Waals surface area (Å²) in [4.78, 5) is 4.59. The molecule has 2 heterocycles. The fourth-order valence-corrected chi connectivity index (χ4v) is 3.27. The SMILES string of the molecule is COc1cccc(-c2ccnc3c(-c4ccc(Br)cc4)c(C)nn23)c1. The monoisotopic (exact) mass is 393 g/mol. The Kier molecular flexibility index (Phi) is 4.01. The van der Waals surface area contributed by atoms with Gasteiger partial charge in [-0.3, -0.25) is 0 Å². The largest absolute Gasteiger partial charge is 0.497 e. The zero-order valence-electron chi connectivity index (χ0n) is 13.9. The second-order valence-corrected chi connectivity index (χ2v) is 6.68. The molecule has 0 unspecified atom stereocenters. The van der Waals surface area contributed by atoms with Gasteiger partial charge >= 0.3 is 0 Å². The van der Waals surface area contributed by atoms with Crippen molar-refractivity contribution in [2.24, 2.45) is 0 Å². The molecule has 5 heteroatoms. The highest BCUT2D eigenvalue weighted by Gasteiger charge is 2.15. The molecule has 0 aliphatic carbocycles. The Bertz CT molecular complexity index is 1050. The average molecular weight is 394 g/mol. The number of rotatable bonds is 3. The third kappa shape index (κ3) is 2.81. The lowest BCUT2D eigenvalue weighted by Crippen LogP contribution is -1.96. The van der Waals surface area contributed by atoms with Crippen LogP contribution < -0.4 is 4.74 Å². The first kappa shape index (κ1) is 15.8. The molecule has 4 rings (SSSR count). The van der Waals surface area contributed by atoms with Crippen LogP contribution in [0.4, 0.5) is 0 Å². The maximum Gasteiger partial charge on any atom is 0.163 e. The van der Waals surface area contributed by atoms with Crippen LogP contribution in [0.1, 0.15) is 5.69 Å². The van der Waals surface area contributed by atoms with Crippen LogP contribution in [0.5, 0.6) is 5.75 Å². The number of hydrogen-bond acceptors (Lipinski definition) is 3. The molecule has 25 heavy (non-hydrogen) atoms. The van der Waals surface area contributed by atoms with Crippen molar-refractivity contribution in [2.75, 3.05) is 7.11 Å². The Morgan fingerprint density at radius 3 is 2.56 bits per heavy atom. The van der Waals surface area contributed by atoms with E-state index in [9.17, 15) is 0 Å². The van der Waals surface area contributed by atoms with E-state index < -0.39 is 0 Å². The number of fused-ring (bicyclic) bond motifs is 1. The second kappa shape index (κ2) is 6.33. The fourth-order valence-electron chi connectivity index (χ4n) is 3.01. The van der Waals surface area contributed by atoms with Crippen LogP contribution in [-0.4, -0.2) is 21.7 Å². The molecule has 2 aromatic carbocycles. The minimum atomic E-state index is 0.819. The van der Waals surface area contributed by atoms with E-state index in [4.69, 9.17) is 9.84 Å². The van der Waals surface area contributed by atoms with Gasteiger partial charge in [0.2, 0.25) is 0 Å². The number of ether oxygens (including phenoxy) is 1. The fraction of sp³-hybridized carbons (Fsp3) is 0.100. The zero-order valence-corrected chi connectivity index (χ0v) is 15.5. The van der Waals surface area contributed by atoms with Gasteiger partial charge in [0.05, 0.1) is 18.5 Å². The van der Waals surface area contributed by atoms with Gasteiger partial charge < -0.3 is 4.74 Å². The smallest absolute Gasteiger partial charge is 0.163 e. The Morgan fingerprint density at radius 2 is 1.80 bits per heavy atom. The summed E-state index contributed by atoms with van der Waals surface area (Å²) in [5.41, 5.74) is 5.97. The molecule has 0 aliphatic rings. The van der Waals surface area contributed by atoms with Crippen molar-refractivity contribution in [1.29, 1.82) is 0 Å². The van der Waals surface area contributed by atoms with E-state index in [1.165, 1.54) is 0 Å². The molecule has 0 saturated carbocycles. The van der Waals surface area contributed by atoms with Crippen molar-refractivity contribution >= 4 is 21.6 Å². The van der Waals surface area contributed by atoms with Crippen molar-refractivity contribution in [3.8, 4) is 28.1 Å². The highest BCUT2D eigenvalue weighted by atomic mass is 79.9. The molecule has 4 aromatic rings. The van der Waals surface area contributed by atoms with Crippen LogP contribution in [-0.2, 0) is 0 Å². The van der Waals surface area contributed by atoms with Gasteiger partial charge in [0, 0.05) is 21.8 Å². The molecule has 4 nitrogen and oxygen atoms in total. The average Bonchev–Trinajstić information content (AvgIpc) is 2.98. The van der Waals surface area contributed by atoms with Gasteiger partial charge in [-0.25, -0.2) is 9.50 Å². The molecule has 0 spiro atoms. The van der Waals surface area contributed by atoms with Crippen molar-refractivity contribution < 1.29 is 4.74 Å². The van der Waals surface area contributed by atoms with Crippen LogP contribution in [0.15, 0.2) is 65.3 Å². The lowest BCUT2D eigenvalue weighted by molar-refractivity contribution is 0.415. The van der Waals surface area contributed by atoms with Gasteiger partial charge in [-0.1, -0.05) is 40.2 Å². The van der Waals surface area contributed by atoms with Gasteiger partial charge in [0.1, 0.15) is 5.75 Å². The summed E-state index contributed by atoms with van der Waals surface area (Å²) in [6.45, 7) is 2.02. The molecule has 0 amide bonds. The maximum atomic E-state index is 5.35. The van der Waals surface area contributed by atoms with Crippen LogP contribution >= 0.6 is 15.9 Å². The van der Waals surface area contributed by atoms with E-state index >= 15 is 0 Å². The summed E-state index contributed by atoms with van der Waals surface area (Å²) in [6, 6.07) is 18.2. The highest BCUT2D eigenvalue weighted by Crippen LogP contribution is 2.31. The summed E-state index contributed by atoms with van der Waals surface area (Å²) in [6.07, 6.45) is 1.83. The summed E-state index contributed by atoms with van der Waals surface area (Å²) in [7, 11) is 1.67. The number of methoxy groups -OCH3 is 1. The topological polar surface area (TPSA) is 39.4 Å². The van der Waals surface area contributed by atoms with Gasteiger partial charge in [0.25, 0.3) is 0 Å². The number of hydrogen-bond donors (Lipinski definition) is 0. The zero-order chi connectivity index (χ0) is 17.4. The summed E-state index contributed by atoms with van der Waals surface area (Å²) >= 11 is 3.48. The summed E-state index contributed by atoms with van der Waals surface area (Å²) in [5.74, 6) is 0.819. The van der Waals surface area contributed by atoms with E-state index in [1.807, 2.05) is 60.1 Å². The van der Waals surface area contributed by atoms with Crippen molar-refractivity contribution in [3.05, 3.63) is 71.0 Å².